The van der Waals surface area contributed by atoms with Gasteiger partial charge in [0.05, 0.1) is 13.5 Å². The molecule has 0 aliphatic rings. The van der Waals surface area contributed by atoms with Crippen molar-refractivity contribution >= 4 is 17.6 Å². The van der Waals surface area contributed by atoms with Crippen molar-refractivity contribution in [3.05, 3.63) is 34.9 Å². The van der Waals surface area contributed by atoms with E-state index in [1.165, 1.54) is 25.5 Å². The third kappa shape index (κ3) is 6.92. The molecule has 0 amide bonds. The molecule has 1 aromatic carbocycles. The summed E-state index contributed by atoms with van der Waals surface area (Å²) in [5.74, 6) is -0.174. The maximum Gasteiger partial charge on any atom is 0.307 e. The van der Waals surface area contributed by atoms with Crippen LogP contribution in [0, 0.1) is 0 Å². The Morgan fingerprint density at radius 1 is 1.30 bits per heavy atom. The minimum absolute atomic E-state index is 0.112. The number of ether oxygens (including phenoxy) is 1. The number of methoxy groups -OCH3 is 1. The number of rotatable bonds is 9. The lowest BCUT2D eigenvalue weighted by atomic mass is 10.0. The number of halogens is 1. The average Bonchev–Trinajstić information content (AvgIpc) is 2.45. The molecule has 1 atom stereocenters. The molecule has 4 heteroatoms. The molecule has 0 saturated heterocycles. The van der Waals surface area contributed by atoms with E-state index in [-0.39, 0.29) is 12.0 Å². The molecule has 0 spiro atoms. The highest BCUT2D eigenvalue weighted by Crippen LogP contribution is 2.12. The maximum absolute atomic E-state index is 11.5. The summed E-state index contributed by atoms with van der Waals surface area (Å²) < 4.78 is 4.76. The minimum atomic E-state index is -0.174. The predicted molar refractivity (Wildman–Crippen MR) is 83.1 cm³/mol. The van der Waals surface area contributed by atoms with Crippen LogP contribution < -0.4 is 5.32 Å². The molecule has 0 saturated carbocycles. The van der Waals surface area contributed by atoms with E-state index in [4.69, 9.17) is 16.3 Å². The third-order valence-electron chi connectivity index (χ3n) is 3.25. The Hall–Kier alpha value is -1.06. The molecule has 0 heterocycles. The first-order chi connectivity index (χ1) is 9.65. The van der Waals surface area contributed by atoms with Crippen molar-refractivity contribution in [1.29, 1.82) is 0 Å². The normalized spacial score (nSPS) is 12.2. The number of nitrogens with one attached hydrogen (secondary N) is 1. The first-order valence-electron chi connectivity index (χ1n) is 7.20. The van der Waals surface area contributed by atoms with Gasteiger partial charge >= 0.3 is 5.97 Å². The highest BCUT2D eigenvalue weighted by atomic mass is 35.5. The summed E-state index contributed by atoms with van der Waals surface area (Å²) in [6.45, 7) is 3.11. The zero-order chi connectivity index (χ0) is 14.8. The molecule has 20 heavy (non-hydrogen) atoms. The van der Waals surface area contributed by atoms with Gasteiger partial charge < -0.3 is 10.1 Å². The van der Waals surface area contributed by atoms with Crippen LogP contribution in [0.4, 0.5) is 0 Å². The topological polar surface area (TPSA) is 38.3 Å². The molecular formula is C16H24ClNO2. The lowest BCUT2D eigenvalue weighted by molar-refractivity contribution is -0.141. The molecule has 1 rings (SSSR count). The molecule has 0 aliphatic heterocycles. The smallest absolute Gasteiger partial charge is 0.307 e. The van der Waals surface area contributed by atoms with Crippen LogP contribution in [0.1, 0.15) is 38.2 Å². The lowest BCUT2D eigenvalue weighted by Gasteiger charge is -2.18. The second-order valence-electron chi connectivity index (χ2n) is 4.97. The van der Waals surface area contributed by atoms with Crippen LogP contribution in [0.5, 0.6) is 0 Å². The van der Waals surface area contributed by atoms with Crippen molar-refractivity contribution in [2.24, 2.45) is 0 Å². The minimum Gasteiger partial charge on any atom is -0.469 e. The van der Waals surface area contributed by atoms with Crippen LogP contribution in [0.25, 0.3) is 0 Å². The first kappa shape index (κ1) is 17.0. The van der Waals surface area contributed by atoms with Crippen LogP contribution >= 0.6 is 11.6 Å². The summed E-state index contributed by atoms with van der Waals surface area (Å²) in [5.41, 5.74) is 1.17. The summed E-state index contributed by atoms with van der Waals surface area (Å²) in [6.07, 6.45) is 4.73. The molecule has 112 valence electrons. The van der Waals surface area contributed by atoms with E-state index in [2.05, 4.69) is 12.2 Å². The van der Waals surface area contributed by atoms with Crippen molar-refractivity contribution in [3.63, 3.8) is 0 Å². The Morgan fingerprint density at radius 3 is 2.60 bits per heavy atom. The summed E-state index contributed by atoms with van der Waals surface area (Å²) in [5, 5.41) is 4.18. The fraction of sp³-hybridized carbons (Fsp3) is 0.562. The first-order valence-corrected chi connectivity index (χ1v) is 7.58. The number of hydrogen-bond donors (Lipinski definition) is 1. The van der Waals surface area contributed by atoms with Crippen molar-refractivity contribution in [1.82, 2.24) is 5.32 Å². The van der Waals surface area contributed by atoms with Gasteiger partial charge in [0, 0.05) is 11.1 Å². The summed E-state index contributed by atoms with van der Waals surface area (Å²) in [7, 11) is 1.43. The second-order valence-corrected chi connectivity index (χ2v) is 5.41. The molecule has 1 unspecified atom stereocenters. The number of hydrogen-bond acceptors (Lipinski definition) is 3. The molecular weight excluding hydrogens is 274 g/mol. The number of carbonyl (C=O) groups excluding carboxylic acids is 1. The van der Waals surface area contributed by atoms with Gasteiger partial charge in [-0.15, -0.1) is 0 Å². The highest BCUT2D eigenvalue weighted by molar-refractivity contribution is 6.30. The van der Waals surface area contributed by atoms with Crippen molar-refractivity contribution in [2.75, 3.05) is 13.7 Å². The maximum atomic E-state index is 11.5. The third-order valence-corrected chi connectivity index (χ3v) is 3.50. The van der Waals surface area contributed by atoms with Gasteiger partial charge in [0.25, 0.3) is 0 Å². The highest BCUT2D eigenvalue weighted by Gasteiger charge is 2.14. The fourth-order valence-electron chi connectivity index (χ4n) is 2.09. The van der Waals surface area contributed by atoms with E-state index in [1.54, 1.807) is 0 Å². The average molecular weight is 298 g/mol. The Morgan fingerprint density at radius 2 is 2.00 bits per heavy atom. The van der Waals surface area contributed by atoms with E-state index in [9.17, 15) is 4.79 Å². The van der Waals surface area contributed by atoms with Gasteiger partial charge in [-0.1, -0.05) is 43.5 Å². The molecule has 0 aromatic heterocycles. The fourth-order valence-corrected chi connectivity index (χ4v) is 2.21. The zero-order valence-corrected chi connectivity index (χ0v) is 13.1. The number of benzene rings is 1. The van der Waals surface area contributed by atoms with Gasteiger partial charge in [0.1, 0.15) is 0 Å². The van der Waals surface area contributed by atoms with Crippen LogP contribution in [0.3, 0.4) is 0 Å². The van der Waals surface area contributed by atoms with Crippen molar-refractivity contribution in [2.45, 2.75) is 45.1 Å². The van der Waals surface area contributed by atoms with Crippen LogP contribution in [0.15, 0.2) is 24.3 Å². The van der Waals surface area contributed by atoms with E-state index in [0.717, 1.165) is 24.4 Å². The standard InChI is InChI=1S/C16H24ClNO2/c1-3-4-5-10-18-15(12-16(19)20-2)11-13-6-8-14(17)9-7-13/h6-9,15,18H,3-5,10-12H2,1-2H3. The van der Waals surface area contributed by atoms with Gasteiger partial charge in [-0.05, 0) is 37.1 Å². The Bertz CT molecular complexity index is 392. The number of carbonyl (C=O) groups is 1. The van der Waals surface area contributed by atoms with E-state index in [1.807, 2.05) is 24.3 Å². The van der Waals surface area contributed by atoms with E-state index < -0.39 is 0 Å². The monoisotopic (exact) mass is 297 g/mol. The summed E-state index contributed by atoms with van der Waals surface area (Å²) in [6, 6.07) is 7.87. The SMILES string of the molecule is CCCCCNC(CC(=O)OC)Cc1ccc(Cl)cc1. The quantitative estimate of drug-likeness (QED) is 0.559. The summed E-state index contributed by atoms with van der Waals surface area (Å²) in [4.78, 5) is 11.5. The molecule has 0 aliphatic carbocycles. The van der Waals surface area contributed by atoms with Gasteiger partial charge in [-0.25, -0.2) is 0 Å². The molecule has 3 nitrogen and oxygen atoms in total. The van der Waals surface area contributed by atoms with Gasteiger partial charge in [0.2, 0.25) is 0 Å². The molecule has 0 bridgehead atoms. The number of unbranched alkanes of at least 4 members (excludes halogenated alkanes) is 2. The van der Waals surface area contributed by atoms with Crippen molar-refractivity contribution < 1.29 is 9.53 Å². The molecule has 1 aromatic rings. The summed E-state index contributed by atoms with van der Waals surface area (Å²) >= 11 is 5.88. The van der Waals surface area contributed by atoms with Gasteiger partial charge in [-0.3, -0.25) is 4.79 Å². The molecule has 1 N–H and O–H groups in total. The second kappa shape index (κ2) is 9.78. The van der Waals surface area contributed by atoms with Gasteiger partial charge in [0.15, 0.2) is 0 Å². The number of esters is 1. The van der Waals surface area contributed by atoms with E-state index in [0.29, 0.717) is 6.42 Å². The van der Waals surface area contributed by atoms with Gasteiger partial charge in [-0.2, -0.15) is 0 Å². The van der Waals surface area contributed by atoms with Crippen LogP contribution in [-0.2, 0) is 16.0 Å². The van der Waals surface area contributed by atoms with E-state index >= 15 is 0 Å². The Kier molecular flexibility index (Phi) is 8.31. The molecule has 0 radical (unpaired) electrons. The van der Waals surface area contributed by atoms with Crippen molar-refractivity contribution in [3.8, 4) is 0 Å². The van der Waals surface area contributed by atoms with Crippen LogP contribution in [0.2, 0.25) is 5.02 Å². The molecule has 0 fully saturated rings. The Labute approximate surface area is 126 Å². The van der Waals surface area contributed by atoms with Crippen LogP contribution in [-0.4, -0.2) is 25.7 Å². The lowest BCUT2D eigenvalue weighted by Crippen LogP contribution is -2.34. The Balaban J connectivity index is 2.52. The predicted octanol–water partition coefficient (Wildman–Crippen LogP) is 3.59. The largest absolute Gasteiger partial charge is 0.469 e. The zero-order valence-electron chi connectivity index (χ0n) is 12.3.